The van der Waals surface area contributed by atoms with E-state index >= 15 is 0 Å². The summed E-state index contributed by atoms with van der Waals surface area (Å²) in [5.41, 5.74) is 1.04. The lowest BCUT2D eigenvalue weighted by molar-refractivity contribution is 0.182. The Labute approximate surface area is 127 Å². The van der Waals surface area contributed by atoms with E-state index in [0.717, 1.165) is 24.6 Å². The fourth-order valence-electron chi connectivity index (χ4n) is 2.69. The molecule has 1 aromatic rings. The van der Waals surface area contributed by atoms with Gasteiger partial charge in [-0.3, -0.25) is 0 Å². The van der Waals surface area contributed by atoms with E-state index in [1.54, 1.807) is 0 Å². The second-order valence-corrected chi connectivity index (χ2v) is 6.06. The maximum Gasteiger partial charge on any atom is 0.170 e. The van der Waals surface area contributed by atoms with Gasteiger partial charge in [0, 0.05) is 18.8 Å². The minimum absolute atomic E-state index is 0.711. The second-order valence-electron chi connectivity index (χ2n) is 5.65. The number of hydrogen-bond acceptors (Lipinski definition) is 2. The van der Waals surface area contributed by atoms with Crippen molar-refractivity contribution >= 4 is 23.0 Å². The lowest BCUT2D eigenvalue weighted by atomic mass is 10.0. The standard InChI is InChI=1S/C16H25N3S/c1-14-7-5-11-19(13-14)12-6-10-17-16(20)18-15-8-3-2-4-9-15/h2-4,8-9,14H,5-7,10-13H2,1H3,(H2,17,18,20)/t14-/m1/s1. The first-order chi connectivity index (χ1) is 9.74. The predicted octanol–water partition coefficient (Wildman–Crippen LogP) is 3.10. The van der Waals surface area contributed by atoms with Crippen molar-refractivity contribution < 1.29 is 0 Å². The summed E-state index contributed by atoms with van der Waals surface area (Å²) >= 11 is 5.29. The first-order valence-corrected chi connectivity index (χ1v) is 7.97. The molecule has 0 radical (unpaired) electrons. The number of nitrogens with zero attached hydrogens (tertiary/aromatic N) is 1. The molecule has 2 rings (SSSR count). The monoisotopic (exact) mass is 291 g/mol. The molecule has 1 atom stereocenters. The van der Waals surface area contributed by atoms with Crippen LogP contribution in [0, 0.1) is 5.92 Å². The van der Waals surface area contributed by atoms with E-state index in [4.69, 9.17) is 12.2 Å². The number of benzene rings is 1. The van der Waals surface area contributed by atoms with Gasteiger partial charge in [-0.1, -0.05) is 25.1 Å². The molecule has 0 aliphatic carbocycles. The lowest BCUT2D eigenvalue weighted by Gasteiger charge is -2.30. The molecule has 2 N–H and O–H groups in total. The van der Waals surface area contributed by atoms with Crippen LogP contribution in [-0.4, -0.2) is 36.2 Å². The number of rotatable bonds is 5. The van der Waals surface area contributed by atoms with Gasteiger partial charge in [-0.2, -0.15) is 0 Å². The molecule has 20 heavy (non-hydrogen) atoms. The van der Waals surface area contributed by atoms with Crippen LogP contribution in [0.1, 0.15) is 26.2 Å². The van der Waals surface area contributed by atoms with Crippen LogP contribution in [0.4, 0.5) is 5.69 Å². The van der Waals surface area contributed by atoms with Gasteiger partial charge in [0.05, 0.1) is 0 Å². The molecule has 1 heterocycles. The third kappa shape index (κ3) is 5.47. The van der Waals surface area contributed by atoms with Crippen LogP contribution in [0.3, 0.4) is 0 Å². The van der Waals surface area contributed by atoms with Crippen LogP contribution in [0.5, 0.6) is 0 Å². The molecular weight excluding hydrogens is 266 g/mol. The number of thiocarbonyl (C=S) groups is 1. The van der Waals surface area contributed by atoms with Gasteiger partial charge in [0.15, 0.2) is 5.11 Å². The molecule has 1 saturated heterocycles. The quantitative estimate of drug-likeness (QED) is 0.644. The minimum Gasteiger partial charge on any atom is -0.362 e. The molecule has 0 aromatic heterocycles. The molecule has 1 aromatic carbocycles. The largest absolute Gasteiger partial charge is 0.362 e. The molecule has 1 aliphatic heterocycles. The summed E-state index contributed by atoms with van der Waals surface area (Å²) in [6.07, 6.45) is 3.88. The minimum atomic E-state index is 0.711. The van der Waals surface area contributed by atoms with Crippen molar-refractivity contribution in [3.63, 3.8) is 0 Å². The number of piperidine rings is 1. The SMILES string of the molecule is C[C@@H]1CCCN(CCCNC(=S)Nc2ccccc2)C1. The Bertz CT molecular complexity index is 407. The highest BCUT2D eigenvalue weighted by Crippen LogP contribution is 2.15. The Balaban J connectivity index is 1.57. The van der Waals surface area contributed by atoms with Crippen LogP contribution in [-0.2, 0) is 0 Å². The first-order valence-electron chi connectivity index (χ1n) is 7.56. The molecule has 0 unspecified atom stereocenters. The summed E-state index contributed by atoms with van der Waals surface area (Å²) in [7, 11) is 0. The van der Waals surface area contributed by atoms with Gasteiger partial charge in [0.2, 0.25) is 0 Å². The van der Waals surface area contributed by atoms with Crippen molar-refractivity contribution in [1.29, 1.82) is 0 Å². The van der Waals surface area contributed by atoms with E-state index in [-0.39, 0.29) is 0 Å². The maximum atomic E-state index is 5.29. The average Bonchev–Trinajstić information content (AvgIpc) is 2.45. The Morgan fingerprint density at radius 1 is 1.35 bits per heavy atom. The topological polar surface area (TPSA) is 27.3 Å². The van der Waals surface area contributed by atoms with E-state index in [1.807, 2.05) is 30.3 Å². The van der Waals surface area contributed by atoms with Crippen LogP contribution >= 0.6 is 12.2 Å². The number of para-hydroxylation sites is 1. The molecule has 0 bridgehead atoms. The Kier molecular flexibility index (Phi) is 6.27. The summed E-state index contributed by atoms with van der Waals surface area (Å²) in [5, 5.41) is 7.18. The van der Waals surface area contributed by atoms with Gasteiger partial charge in [0.1, 0.15) is 0 Å². The Morgan fingerprint density at radius 2 is 2.15 bits per heavy atom. The van der Waals surface area contributed by atoms with Crippen molar-refractivity contribution in [3.05, 3.63) is 30.3 Å². The summed E-state index contributed by atoms with van der Waals surface area (Å²) in [6, 6.07) is 10.0. The first kappa shape index (κ1) is 15.3. The molecule has 4 heteroatoms. The summed E-state index contributed by atoms with van der Waals surface area (Å²) in [6.45, 7) is 6.97. The van der Waals surface area contributed by atoms with Gasteiger partial charge < -0.3 is 15.5 Å². The van der Waals surface area contributed by atoms with Gasteiger partial charge >= 0.3 is 0 Å². The zero-order valence-corrected chi connectivity index (χ0v) is 13.1. The van der Waals surface area contributed by atoms with Crippen LogP contribution in [0.2, 0.25) is 0 Å². The smallest absolute Gasteiger partial charge is 0.170 e. The summed E-state index contributed by atoms with van der Waals surface area (Å²) in [4.78, 5) is 2.57. The van der Waals surface area contributed by atoms with E-state index in [9.17, 15) is 0 Å². The molecule has 1 fully saturated rings. The molecule has 0 spiro atoms. The summed E-state index contributed by atoms with van der Waals surface area (Å²) < 4.78 is 0. The second kappa shape index (κ2) is 8.22. The fourth-order valence-corrected chi connectivity index (χ4v) is 2.91. The maximum absolute atomic E-state index is 5.29. The molecular formula is C16H25N3S. The molecule has 1 aliphatic rings. The third-order valence-electron chi connectivity index (χ3n) is 3.71. The van der Waals surface area contributed by atoms with Gasteiger partial charge in [-0.05, 0) is 62.6 Å². The highest BCUT2D eigenvalue weighted by Gasteiger charge is 2.15. The number of nitrogens with one attached hydrogen (secondary N) is 2. The fraction of sp³-hybridized carbons (Fsp3) is 0.562. The van der Waals surface area contributed by atoms with E-state index in [2.05, 4.69) is 22.5 Å². The van der Waals surface area contributed by atoms with Gasteiger partial charge in [0.25, 0.3) is 0 Å². The Morgan fingerprint density at radius 3 is 2.90 bits per heavy atom. The van der Waals surface area contributed by atoms with Crippen LogP contribution in [0.15, 0.2) is 30.3 Å². The average molecular weight is 291 g/mol. The highest BCUT2D eigenvalue weighted by atomic mass is 32.1. The normalized spacial score (nSPS) is 19.6. The van der Waals surface area contributed by atoms with Crippen LogP contribution < -0.4 is 10.6 Å². The Hall–Kier alpha value is -1.13. The predicted molar refractivity (Wildman–Crippen MR) is 90.1 cm³/mol. The zero-order valence-electron chi connectivity index (χ0n) is 12.3. The highest BCUT2D eigenvalue weighted by molar-refractivity contribution is 7.80. The van der Waals surface area contributed by atoms with E-state index in [1.165, 1.54) is 32.5 Å². The van der Waals surface area contributed by atoms with Crippen molar-refractivity contribution in [2.45, 2.75) is 26.2 Å². The zero-order chi connectivity index (χ0) is 14.2. The van der Waals surface area contributed by atoms with Crippen molar-refractivity contribution in [1.82, 2.24) is 10.2 Å². The molecule has 0 saturated carbocycles. The number of hydrogen-bond donors (Lipinski definition) is 2. The molecule has 0 amide bonds. The number of anilines is 1. The van der Waals surface area contributed by atoms with Crippen LogP contribution in [0.25, 0.3) is 0 Å². The summed E-state index contributed by atoms with van der Waals surface area (Å²) in [5.74, 6) is 0.859. The third-order valence-corrected chi connectivity index (χ3v) is 3.96. The van der Waals surface area contributed by atoms with E-state index in [0.29, 0.717) is 5.11 Å². The van der Waals surface area contributed by atoms with E-state index < -0.39 is 0 Å². The molecule has 110 valence electrons. The lowest BCUT2D eigenvalue weighted by Crippen LogP contribution is -2.37. The van der Waals surface area contributed by atoms with Crippen molar-refractivity contribution in [2.75, 3.05) is 31.5 Å². The molecule has 3 nitrogen and oxygen atoms in total. The number of likely N-dealkylation sites (tertiary alicyclic amines) is 1. The van der Waals surface area contributed by atoms with Crippen molar-refractivity contribution in [3.8, 4) is 0 Å². The van der Waals surface area contributed by atoms with Gasteiger partial charge in [-0.15, -0.1) is 0 Å². The van der Waals surface area contributed by atoms with Crippen molar-refractivity contribution in [2.24, 2.45) is 5.92 Å². The van der Waals surface area contributed by atoms with Gasteiger partial charge in [-0.25, -0.2) is 0 Å².